The van der Waals surface area contributed by atoms with E-state index >= 15 is 0 Å². The van der Waals surface area contributed by atoms with Gasteiger partial charge in [-0.3, -0.25) is 4.79 Å². The number of benzene rings is 1. The van der Waals surface area contributed by atoms with E-state index in [2.05, 4.69) is 6.58 Å². The Bertz CT molecular complexity index is 665. The van der Waals surface area contributed by atoms with E-state index in [1.165, 1.54) is 6.07 Å². The highest BCUT2D eigenvalue weighted by atomic mass is 16.3. The minimum Gasteiger partial charge on any atom is -0.508 e. The summed E-state index contributed by atoms with van der Waals surface area (Å²) in [6.45, 7) is 7.36. The first kappa shape index (κ1) is 12.4. The number of aromatic hydroxyl groups is 1. The molecule has 3 heteroatoms. The molecule has 2 aromatic rings. The Hall–Kier alpha value is -2.03. The molecule has 2 rings (SSSR count). The Morgan fingerprint density at radius 2 is 2.11 bits per heavy atom. The molecular weight excluding hydrogens is 228 g/mol. The van der Waals surface area contributed by atoms with Gasteiger partial charge in [-0.2, -0.15) is 0 Å². The van der Waals surface area contributed by atoms with Crippen LogP contribution in [0.2, 0.25) is 0 Å². The minimum absolute atomic E-state index is 0.0124. The molecule has 1 aromatic heterocycles. The maximum atomic E-state index is 12.3. The van der Waals surface area contributed by atoms with Crippen molar-refractivity contribution in [1.82, 2.24) is 0 Å². The van der Waals surface area contributed by atoms with Crippen LogP contribution in [-0.2, 0) is 12.8 Å². The van der Waals surface area contributed by atoms with E-state index < -0.39 is 0 Å². The number of hydrogen-bond acceptors (Lipinski definition) is 3. The average Bonchev–Trinajstić information content (AvgIpc) is 2.33. The molecular formula is C15H16O3. The quantitative estimate of drug-likeness (QED) is 0.844. The van der Waals surface area contributed by atoms with Gasteiger partial charge in [0.15, 0.2) is 5.43 Å². The first-order chi connectivity index (χ1) is 8.60. The Morgan fingerprint density at radius 1 is 1.39 bits per heavy atom. The Morgan fingerprint density at radius 3 is 2.72 bits per heavy atom. The SMILES string of the molecule is C=CCc1c(O)ccc2c(=O)c(CC)c(C)oc12. The van der Waals surface area contributed by atoms with Crippen LogP contribution < -0.4 is 5.43 Å². The highest BCUT2D eigenvalue weighted by molar-refractivity contribution is 5.83. The summed E-state index contributed by atoms with van der Waals surface area (Å²) in [7, 11) is 0. The first-order valence-electron chi connectivity index (χ1n) is 5.98. The summed E-state index contributed by atoms with van der Waals surface area (Å²) in [6.07, 6.45) is 2.79. The van der Waals surface area contributed by atoms with Gasteiger partial charge in [-0.1, -0.05) is 13.0 Å². The van der Waals surface area contributed by atoms with Gasteiger partial charge in [0.2, 0.25) is 0 Å². The summed E-state index contributed by atoms with van der Waals surface area (Å²) in [5.74, 6) is 0.750. The maximum absolute atomic E-state index is 12.3. The van der Waals surface area contributed by atoms with E-state index in [-0.39, 0.29) is 11.2 Å². The largest absolute Gasteiger partial charge is 0.508 e. The van der Waals surface area contributed by atoms with Gasteiger partial charge in [0.25, 0.3) is 0 Å². The molecule has 0 atom stereocenters. The lowest BCUT2D eigenvalue weighted by Gasteiger charge is -2.09. The molecule has 0 bridgehead atoms. The van der Waals surface area contributed by atoms with Crippen LogP contribution in [0.4, 0.5) is 0 Å². The van der Waals surface area contributed by atoms with E-state index in [1.54, 1.807) is 19.1 Å². The molecule has 1 N–H and O–H groups in total. The lowest BCUT2D eigenvalue weighted by molar-refractivity contribution is 0.466. The van der Waals surface area contributed by atoms with Gasteiger partial charge in [0.05, 0.1) is 5.39 Å². The van der Waals surface area contributed by atoms with Gasteiger partial charge >= 0.3 is 0 Å². The number of phenolic OH excluding ortho intramolecular Hbond substituents is 1. The minimum atomic E-state index is -0.0124. The third kappa shape index (κ3) is 1.82. The molecule has 0 aliphatic rings. The normalized spacial score (nSPS) is 10.8. The molecule has 0 amide bonds. The van der Waals surface area contributed by atoms with Crippen molar-refractivity contribution in [3.05, 3.63) is 51.9 Å². The molecule has 1 heterocycles. The zero-order chi connectivity index (χ0) is 13.3. The molecule has 94 valence electrons. The summed E-state index contributed by atoms with van der Waals surface area (Å²) < 4.78 is 5.72. The van der Waals surface area contributed by atoms with Crippen LogP contribution in [0.1, 0.15) is 23.8 Å². The van der Waals surface area contributed by atoms with Crippen molar-refractivity contribution in [2.45, 2.75) is 26.7 Å². The second kappa shape index (κ2) is 4.69. The Labute approximate surface area is 105 Å². The van der Waals surface area contributed by atoms with Gasteiger partial charge in [0.1, 0.15) is 17.1 Å². The fourth-order valence-corrected chi connectivity index (χ4v) is 2.20. The van der Waals surface area contributed by atoms with Gasteiger partial charge in [-0.15, -0.1) is 6.58 Å². The van der Waals surface area contributed by atoms with E-state index in [9.17, 15) is 9.90 Å². The Kier molecular flexibility index (Phi) is 3.24. The van der Waals surface area contributed by atoms with Crippen molar-refractivity contribution in [1.29, 1.82) is 0 Å². The molecule has 0 aliphatic carbocycles. The zero-order valence-electron chi connectivity index (χ0n) is 10.6. The molecule has 0 fully saturated rings. The van der Waals surface area contributed by atoms with Gasteiger partial charge in [0, 0.05) is 11.1 Å². The van der Waals surface area contributed by atoms with Crippen molar-refractivity contribution in [3.63, 3.8) is 0 Å². The summed E-state index contributed by atoms with van der Waals surface area (Å²) in [5, 5.41) is 10.4. The van der Waals surface area contributed by atoms with Crippen LogP contribution in [0, 0.1) is 6.92 Å². The van der Waals surface area contributed by atoms with Gasteiger partial charge < -0.3 is 9.52 Å². The predicted octanol–water partition coefficient (Wildman–Crippen LogP) is 3.10. The van der Waals surface area contributed by atoms with Crippen molar-refractivity contribution in [3.8, 4) is 5.75 Å². The van der Waals surface area contributed by atoms with Crippen LogP contribution in [0.15, 0.2) is 34.0 Å². The highest BCUT2D eigenvalue weighted by Crippen LogP contribution is 2.27. The lowest BCUT2D eigenvalue weighted by Crippen LogP contribution is -2.11. The third-order valence-corrected chi connectivity index (χ3v) is 3.14. The fraction of sp³-hybridized carbons (Fsp3) is 0.267. The van der Waals surface area contributed by atoms with Crippen molar-refractivity contribution < 1.29 is 9.52 Å². The summed E-state index contributed by atoms with van der Waals surface area (Å²) in [4.78, 5) is 12.3. The monoisotopic (exact) mass is 244 g/mol. The van der Waals surface area contributed by atoms with Crippen LogP contribution >= 0.6 is 0 Å². The molecule has 0 unspecified atom stereocenters. The highest BCUT2D eigenvalue weighted by Gasteiger charge is 2.14. The second-order valence-corrected chi connectivity index (χ2v) is 4.25. The van der Waals surface area contributed by atoms with E-state index in [1.807, 2.05) is 6.92 Å². The lowest BCUT2D eigenvalue weighted by atomic mass is 10.0. The number of allylic oxidation sites excluding steroid dienone is 1. The van der Waals surface area contributed by atoms with Crippen LogP contribution in [0.5, 0.6) is 5.75 Å². The topological polar surface area (TPSA) is 50.4 Å². The van der Waals surface area contributed by atoms with Gasteiger partial charge in [-0.05, 0) is 31.9 Å². The number of rotatable bonds is 3. The molecule has 0 saturated heterocycles. The third-order valence-electron chi connectivity index (χ3n) is 3.14. The molecule has 3 nitrogen and oxygen atoms in total. The van der Waals surface area contributed by atoms with Crippen LogP contribution in [0.25, 0.3) is 11.0 Å². The van der Waals surface area contributed by atoms with E-state index in [0.29, 0.717) is 40.7 Å². The summed E-state index contributed by atoms with van der Waals surface area (Å²) >= 11 is 0. The standard InChI is InChI=1S/C15H16O3/c1-4-6-11-13(16)8-7-12-14(17)10(5-2)9(3)18-15(11)12/h4,7-8,16H,1,5-6H2,2-3H3. The Balaban J connectivity index is 2.91. The molecule has 18 heavy (non-hydrogen) atoms. The number of aryl methyl sites for hydroxylation is 1. The van der Waals surface area contributed by atoms with Crippen molar-refractivity contribution >= 4 is 11.0 Å². The molecule has 0 saturated carbocycles. The molecule has 1 aromatic carbocycles. The molecule has 0 radical (unpaired) electrons. The van der Waals surface area contributed by atoms with Crippen LogP contribution in [0.3, 0.4) is 0 Å². The van der Waals surface area contributed by atoms with Crippen LogP contribution in [-0.4, -0.2) is 5.11 Å². The van der Waals surface area contributed by atoms with Gasteiger partial charge in [-0.25, -0.2) is 0 Å². The smallest absolute Gasteiger partial charge is 0.196 e. The average molecular weight is 244 g/mol. The second-order valence-electron chi connectivity index (χ2n) is 4.25. The maximum Gasteiger partial charge on any atom is 0.196 e. The molecule has 0 spiro atoms. The van der Waals surface area contributed by atoms with Crippen molar-refractivity contribution in [2.75, 3.05) is 0 Å². The summed E-state index contributed by atoms with van der Waals surface area (Å²) in [6, 6.07) is 3.15. The van der Waals surface area contributed by atoms with E-state index in [4.69, 9.17) is 4.42 Å². The zero-order valence-corrected chi connectivity index (χ0v) is 10.6. The summed E-state index contributed by atoms with van der Waals surface area (Å²) in [5.41, 5.74) is 1.76. The predicted molar refractivity (Wildman–Crippen MR) is 72.2 cm³/mol. The number of phenols is 1. The number of fused-ring (bicyclic) bond motifs is 1. The molecule has 0 aliphatic heterocycles. The van der Waals surface area contributed by atoms with Crippen molar-refractivity contribution in [2.24, 2.45) is 0 Å². The fourth-order valence-electron chi connectivity index (χ4n) is 2.20. The first-order valence-corrected chi connectivity index (χ1v) is 5.98. The number of hydrogen-bond donors (Lipinski definition) is 1. The van der Waals surface area contributed by atoms with E-state index in [0.717, 1.165) is 0 Å².